The van der Waals surface area contributed by atoms with Crippen LogP contribution in [0.5, 0.6) is 11.5 Å². The molecule has 1 atom stereocenters. The maximum Gasteiger partial charge on any atom is 0.260 e. The Morgan fingerprint density at radius 1 is 1.30 bits per heavy atom. The van der Waals surface area contributed by atoms with Gasteiger partial charge in [0.1, 0.15) is 13.1 Å². The number of carbonyl (C=O) groups is 1. The topological polar surface area (TPSA) is 61.2 Å². The summed E-state index contributed by atoms with van der Waals surface area (Å²) in [5, 5.41) is 2.93. The summed E-state index contributed by atoms with van der Waals surface area (Å²) < 4.78 is 16.2. The van der Waals surface area contributed by atoms with Crippen LogP contribution in [0.2, 0.25) is 0 Å². The number of morpholine rings is 1. The van der Waals surface area contributed by atoms with Crippen molar-refractivity contribution in [3.63, 3.8) is 0 Å². The Hall–Kier alpha value is -1.79. The van der Waals surface area contributed by atoms with Gasteiger partial charge in [-0.2, -0.15) is 0 Å². The van der Waals surface area contributed by atoms with Crippen molar-refractivity contribution in [2.24, 2.45) is 0 Å². The maximum absolute atomic E-state index is 12.1. The molecule has 6 heteroatoms. The first-order chi connectivity index (χ1) is 11.2. The summed E-state index contributed by atoms with van der Waals surface area (Å²) in [4.78, 5) is 13.6. The molecule has 0 saturated carbocycles. The van der Waals surface area contributed by atoms with Gasteiger partial charge in [-0.3, -0.25) is 4.79 Å². The lowest BCUT2D eigenvalue weighted by molar-refractivity contribution is -0.908. The molecular formula is C17H27N2O4+. The fourth-order valence-electron chi connectivity index (χ4n) is 2.56. The first-order valence-electron chi connectivity index (χ1n) is 8.19. The quantitative estimate of drug-likeness (QED) is 0.655. The van der Waals surface area contributed by atoms with Crippen molar-refractivity contribution in [2.75, 3.05) is 46.5 Å². The molecule has 6 nitrogen and oxygen atoms in total. The fourth-order valence-corrected chi connectivity index (χ4v) is 2.56. The molecule has 2 N–H and O–H groups in total. The average molecular weight is 323 g/mol. The van der Waals surface area contributed by atoms with Crippen LogP contribution in [0.1, 0.15) is 13.3 Å². The van der Waals surface area contributed by atoms with E-state index in [0.717, 1.165) is 39.3 Å². The number of rotatable bonds is 8. The molecule has 1 amide bonds. The number of amides is 1. The number of hydrogen-bond donors (Lipinski definition) is 2. The molecule has 0 unspecified atom stereocenters. The highest BCUT2D eigenvalue weighted by atomic mass is 16.5. The minimum absolute atomic E-state index is 0.104. The van der Waals surface area contributed by atoms with Crippen LogP contribution in [0.3, 0.4) is 0 Å². The highest BCUT2D eigenvalue weighted by molar-refractivity contribution is 5.80. The van der Waals surface area contributed by atoms with Gasteiger partial charge in [0.15, 0.2) is 17.6 Å². The Kier molecular flexibility index (Phi) is 7.16. The Bertz CT molecular complexity index is 489. The monoisotopic (exact) mass is 323 g/mol. The normalized spacial score (nSPS) is 16.6. The third-order valence-corrected chi connectivity index (χ3v) is 3.95. The third kappa shape index (κ3) is 5.73. The summed E-state index contributed by atoms with van der Waals surface area (Å²) in [6.45, 7) is 7.27. The van der Waals surface area contributed by atoms with Crippen LogP contribution >= 0.6 is 0 Å². The highest BCUT2D eigenvalue weighted by Crippen LogP contribution is 2.26. The van der Waals surface area contributed by atoms with E-state index in [9.17, 15) is 4.79 Å². The van der Waals surface area contributed by atoms with E-state index in [1.807, 2.05) is 18.2 Å². The van der Waals surface area contributed by atoms with Gasteiger partial charge in [-0.05, 0) is 19.1 Å². The van der Waals surface area contributed by atoms with Gasteiger partial charge in [0, 0.05) is 13.0 Å². The molecule has 1 aromatic rings. The summed E-state index contributed by atoms with van der Waals surface area (Å²) >= 11 is 0. The van der Waals surface area contributed by atoms with Crippen LogP contribution in [0.4, 0.5) is 0 Å². The summed E-state index contributed by atoms with van der Waals surface area (Å²) in [5.41, 5.74) is 0. The number of nitrogens with one attached hydrogen (secondary N) is 2. The second kappa shape index (κ2) is 9.37. The van der Waals surface area contributed by atoms with Gasteiger partial charge in [0.2, 0.25) is 0 Å². The van der Waals surface area contributed by atoms with E-state index in [0.29, 0.717) is 18.0 Å². The van der Waals surface area contributed by atoms with Crippen LogP contribution < -0.4 is 19.7 Å². The third-order valence-electron chi connectivity index (χ3n) is 3.95. The number of para-hydroxylation sites is 2. The van der Waals surface area contributed by atoms with E-state index < -0.39 is 6.10 Å². The van der Waals surface area contributed by atoms with Crippen LogP contribution in [0, 0.1) is 0 Å². The lowest BCUT2D eigenvalue weighted by Gasteiger charge is -2.23. The summed E-state index contributed by atoms with van der Waals surface area (Å²) in [6, 6.07) is 7.33. The summed E-state index contributed by atoms with van der Waals surface area (Å²) in [7, 11) is 1.58. The molecule has 23 heavy (non-hydrogen) atoms. The van der Waals surface area contributed by atoms with Crippen molar-refractivity contribution >= 4 is 5.91 Å². The number of methoxy groups -OCH3 is 1. The van der Waals surface area contributed by atoms with E-state index in [4.69, 9.17) is 14.2 Å². The van der Waals surface area contributed by atoms with Crippen molar-refractivity contribution in [1.82, 2.24) is 5.32 Å². The molecule has 1 heterocycles. The Labute approximate surface area is 137 Å². The molecule has 1 fully saturated rings. The predicted octanol–water partition coefficient (Wildman–Crippen LogP) is -0.116. The summed E-state index contributed by atoms with van der Waals surface area (Å²) in [5.74, 6) is 1.10. The molecule has 0 radical (unpaired) electrons. The predicted molar refractivity (Wildman–Crippen MR) is 87.1 cm³/mol. The van der Waals surface area contributed by atoms with Gasteiger partial charge in [-0.15, -0.1) is 0 Å². The van der Waals surface area contributed by atoms with Gasteiger partial charge < -0.3 is 24.4 Å². The minimum atomic E-state index is -0.554. The molecular weight excluding hydrogens is 296 g/mol. The van der Waals surface area contributed by atoms with Gasteiger partial charge in [-0.1, -0.05) is 12.1 Å². The Balaban J connectivity index is 1.68. The zero-order valence-corrected chi connectivity index (χ0v) is 14.0. The van der Waals surface area contributed by atoms with Gasteiger partial charge in [0.25, 0.3) is 5.91 Å². The first kappa shape index (κ1) is 17.6. The number of benzene rings is 1. The number of ether oxygens (including phenoxy) is 3. The number of quaternary nitrogens is 1. The SMILES string of the molecule is COc1ccccc1O[C@H](C)C(=O)NCCC[NH+]1CCOCC1. The molecule has 1 aromatic carbocycles. The van der Waals surface area contributed by atoms with E-state index in [1.54, 1.807) is 25.0 Å². The molecule has 0 spiro atoms. The molecule has 0 bridgehead atoms. The smallest absolute Gasteiger partial charge is 0.260 e. The first-order valence-corrected chi connectivity index (χ1v) is 8.19. The molecule has 0 aliphatic carbocycles. The van der Waals surface area contributed by atoms with Gasteiger partial charge >= 0.3 is 0 Å². The van der Waals surface area contributed by atoms with Crippen molar-refractivity contribution in [1.29, 1.82) is 0 Å². The average Bonchev–Trinajstić information content (AvgIpc) is 2.60. The zero-order valence-electron chi connectivity index (χ0n) is 14.0. The molecule has 1 aliphatic rings. The van der Waals surface area contributed by atoms with E-state index in [-0.39, 0.29) is 5.91 Å². The number of carbonyl (C=O) groups excluding carboxylic acids is 1. The Morgan fingerprint density at radius 3 is 2.70 bits per heavy atom. The maximum atomic E-state index is 12.1. The standard InChI is InChI=1S/C17H26N2O4/c1-14(23-16-7-4-3-6-15(16)21-2)17(20)18-8-5-9-19-10-12-22-13-11-19/h3-4,6-7,14H,5,8-13H2,1-2H3,(H,18,20)/p+1/t14-/m1/s1. The van der Waals surface area contributed by atoms with E-state index in [2.05, 4.69) is 5.32 Å². The largest absolute Gasteiger partial charge is 0.493 e. The van der Waals surface area contributed by atoms with Gasteiger partial charge in [0.05, 0.1) is 26.9 Å². The van der Waals surface area contributed by atoms with Crippen molar-refractivity contribution in [2.45, 2.75) is 19.4 Å². The lowest BCUT2D eigenvalue weighted by Crippen LogP contribution is -3.14. The second-order valence-corrected chi connectivity index (χ2v) is 5.67. The van der Waals surface area contributed by atoms with E-state index >= 15 is 0 Å². The minimum Gasteiger partial charge on any atom is -0.493 e. The van der Waals surface area contributed by atoms with E-state index in [1.165, 1.54) is 0 Å². The molecule has 1 saturated heterocycles. The Morgan fingerprint density at radius 2 is 2.00 bits per heavy atom. The molecule has 1 aliphatic heterocycles. The number of hydrogen-bond acceptors (Lipinski definition) is 4. The van der Waals surface area contributed by atoms with Crippen molar-refractivity contribution in [3.05, 3.63) is 24.3 Å². The van der Waals surface area contributed by atoms with Crippen LogP contribution in [-0.2, 0) is 9.53 Å². The van der Waals surface area contributed by atoms with Crippen LogP contribution in [-0.4, -0.2) is 58.5 Å². The summed E-state index contributed by atoms with van der Waals surface area (Å²) in [6.07, 6.45) is 0.407. The fraction of sp³-hybridized carbons (Fsp3) is 0.588. The molecule has 0 aromatic heterocycles. The molecule has 128 valence electrons. The van der Waals surface area contributed by atoms with Crippen LogP contribution in [0.15, 0.2) is 24.3 Å². The van der Waals surface area contributed by atoms with Crippen LogP contribution in [0.25, 0.3) is 0 Å². The highest BCUT2D eigenvalue weighted by Gasteiger charge is 2.17. The second-order valence-electron chi connectivity index (χ2n) is 5.67. The lowest BCUT2D eigenvalue weighted by atomic mass is 10.3. The zero-order chi connectivity index (χ0) is 16.5. The van der Waals surface area contributed by atoms with Crippen molar-refractivity contribution in [3.8, 4) is 11.5 Å². The van der Waals surface area contributed by atoms with Crippen molar-refractivity contribution < 1.29 is 23.9 Å². The molecule has 2 rings (SSSR count). The van der Waals surface area contributed by atoms with Gasteiger partial charge in [-0.25, -0.2) is 0 Å².